The number of aromatic nitrogens is 4. The number of nitrogens with one attached hydrogen (secondary N) is 1. The normalized spacial score (nSPS) is 10.9. The maximum atomic E-state index is 11.9. The van der Waals surface area contributed by atoms with Crippen LogP contribution in [0, 0.1) is 13.8 Å². The molecule has 114 valence electrons. The first-order chi connectivity index (χ1) is 10.0. The lowest BCUT2D eigenvalue weighted by Crippen LogP contribution is -2.25. The molecule has 0 saturated carbocycles. The average molecular weight is 354 g/mol. The second kappa shape index (κ2) is 6.89. The minimum Gasteiger partial charge on any atom is -0.352 e. The zero-order chi connectivity index (χ0) is 15.4. The van der Waals surface area contributed by atoms with E-state index in [-0.39, 0.29) is 5.91 Å². The van der Waals surface area contributed by atoms with Gasteiger partial charge in [0.25, 0.3) is 5.91 Å². The van der Waals surface area contributed by atoms with Crippen molar-refractivity contribution in [2.45, 2.75) is 40.3 Å². The molecule has 2 heterocycles. The molecule has 1 N–H and O–H groups in total. The molecule has 0 aliphatic carbocycles. The molecule has 2 rings (SSSR count). The van der Waals surface area contributed by atoms with Crippen LogP contribution in [-0.2, 0) is 13.1 Å². The predicted octanol–water partition coefficient (Wildman–Crippen LogP) is 2.30. The molecule has 0 bridgehead atoms. The molecule has 0 radical (unpaired) electrons. The lowest BCUT2D eigenvalue weighted by molar-refractivity contribution is 0.0952. The van der Waals surface area contributed by atoms with E-state index in [1.165, 1.54) is 0 Å². The van der Waals surface area contributed by atoms with Crippen molar-refractivity contribution in [2.75, 3.05) is 6.54 Å². The molecular formula is C14H20BrN5O. The van der Waals surface area contributed by atoms with E-state index in [1.54, 1.807) is 17.1 Å². The predicted molar refractivity (Wildman–Crippen MR) is 84.3 cm³/mol. The average Bonchev–Trinajstić information content (AvgIpc) is 3.05. The van der Waals surface area contributed by atoms with Crippen LogP contribution in [0.5, 0.6) is 0 Å². The Hall–Kier alpha value is -1.63. The third-order valence-electron chi connectivity index (χ3n) is 3.34. The van der Waals surface area contributed by atoms with E-state index in [2.05, 4.69) is 31.4 Å². The minimum absolute atomic E-state index is 0.0794. The summed E-state index contributed by atoms with van der Waals surface area (Å²) >= 11 is 3.51. The van der Waals surface area contributed by atoms with Gasteiger partial charge in [-0.2, -0.15) is 10.2 Å². The molecule has 0 fully saturated rings. The monoisotopic (exact) mass is 353 g/mol. The molecule has 1 amide bonds. The maximum Gasteiger partial charge on any atom is 0.254 e. The number of aryl methyl sites for hydroxylation is 3. The molecule has 0 saturated heterocycles. The van der Waals surface area contributed by atoms with E-state index in [0.717, 1.165) is 35.4 Å². The molecule has 0 spiro atoms. The van der Waals surface area contributed by atoms with Crippen LogP contribution >= 0.6 is 15.9 Å². The Balaban J connectivity index is 1.79. The fourth-order valence-electron chi connectivity index (χ4n) is 2.08. The SMILES string of the molecule is CCn1cc(C(=O)NCCCn2nc(C)c(Br)c2C)cn1. The van der Waals surface area contributed by atoms with Gasteiger partial charge in [0, 0.05) is 31.5 Å². The Morgan fingerprint density at radius 3 is 2.76 bits per heavy atom. The minimum atomic E-state index is -0.0794. The Morgan fingerprint density at radius 2 is 2.19 bits per heavy atom. The van der Waals surface area contributed by atoms with Crippen molar-refractivity contribution in [1.29, 1.82) is 0 Å². The van der Waals surface area contributed by atoms with Crippen LogP contribution < -0.4 is 5.32 Å². The van der Waals surface area contributed by atoms with Gasteiger partial charge in [0.1, 0.15) is 0 Å². The number of hydrogen-bond donors (Lipinski definition) is 1. The van der Waals surface area contributed by atoms with Crippen molar-refractivity contribution in [2.24, 2.45) is 0 Å². The zero-order valence-electron chi connectivity index (χ0n) is 12.6. The first kappa shape index (κ1) is 15.8. The molecular weight excluding hydrogens is 334 g/mol. The number of carbonyl (C=O) groups is 1. The number of nitrogens with zero attached hydrogens (tertiary/aromatic N) is 4. The Labute approximate surface area is 132 Å². The van der Waals surface area contributed by atoms with E-state index < -0.39 is 0 Å². The zero-order valence-corrected chi connectivity index (χ0v) is 14.1. The third-order valence-corrected chi connectivity index (χ3v) is 4.49. The summed E-state index contributed by atoms with van der Waals surface area (Å²) in [6, 6.07) is 0. The molecule has 0 aliphatic heterocycles. The lowest BCUT2D eigenvalue weighted by atomic mass is 10.3. The summed E-state index contributed by atoms with van der Waals surface area (Å²) in [5, 5.41) is 11.4. The summed E-state index contributed by atoms with van der Waals surface area (Å²) < 4.78 is 4.75. The van der Waals surface area contributed by atoms with Gasteiger partial charge in [0.2, 0.25) is 0 Å². The van der Waals surface area contributed by atoms with Gasteiger partial charge in [0.15, 0.2) is 0 Å². The number of rotatable bonds is 6. The van der Waals surface area contributed by atoms with E-state index in [0.29, 0.717) is 12.1 Å². The smallest absolute Gasteiger partial charge is 0.254 e. The maximum absolute atomic E-state index is 11.9. The van der Waals surface area contributed by atoms with Crippen molar-refractivity contribution in [3.05, 3.63) is 33.8 Å². The summed E-state index contributed by atoms with van der Waals surface area (Å²) in [6.45, 7) is 8.16. The van der Waals surface area contributed by atoms with Crippen molar-refractivity contribution in [3.8, 4) is 0 Å². The second-order valence-corrected chi connectivity index (χ2v) is 5.70. The van der Waals surface area contributed by atoms with Crippen LogP contribution in [-0.4, -0.2) is 32.0 Å². The Morgan fingerprint density at radius 1 is 1.43 bits per heavy atom. The first-order valence-electron chi connectivity index (χ1n) is 7.03. The highest BCUT2D eigenvalue weighted by molar-refractivity contribution is 9.10. The molecule has 2 aromatic heterocycles. The summed E-state index contributed by atoms with van der Waals surface area (Å²) in [5.41, 5.74) is 2.71. The van der Waals surface area contributed by atoms with Crippen molar-refractivity contribution in [1.82, 2.24) is 24.9 Å². The number of hydrogen-bond acceptors (Lipinski definition) is 3. The van der Waals surface area contributed by atoms with Gasteiger partial charge in [-0.1, -0.05) is 0 Å². The van der Waals surface area contributed by atoms with Crippen molar-refractivity contribution in [3.63, 3.8) is 0 Å². The summed E-state index contributed by atoms with van der Waals surface area (Å²) in [4.78, 5) is 11.9. The van der Waals surface area contributed by atoms with Crippen molar-refractivity contribution < 1.29 is 4.79 Å². The molecule has 6 nitrogen and oxygen atoms in total. The fraction of sp³-hybridized carbons (Fsp3) is 0.500. The summed E-state index contributed by atoms with van der Waals surface area (Å²) in [5.74, 6) is -0.0794. The van der Waals surface area contributed by atoms with Crippen LogP contribution in [0.15, 0.2) is 16.9 Å². The van der Waals surface area contributed by atoms with Gasteiger partial charge in [0.05, 0.1) is 21.9 Å². The van der Waals surface area contributed by atoms with E-state index in [4.69, 9.17) is 0 Å². The quantitative estimate of drug-likeness (QED) is 0.810. The van der Waals surface area contributed by atoms with Gasteiger partial charge >= 0.3 is 0 Å². The lowest BCUT2D eigenvalue weighted by Gasteiger charge is -2.06. The Bertz CT molecular complexity index is 631. The third kappa shape index (κ3) is 3.72. The number of carbonyl (C=O) groups excluding carboxylic acids is 1. The van der Waals surface area contributed by atoms with E-state index >= 15 is 0 Å². The highest BCUT2D eigenvalue weighted by Gasteiger charge is 2.09. The van der Waals surface area contributed by atoms with Crippen LogP contribution in [0.2, 0.25) is 0 Å². The summed E-state index contributed by atoms with van der Waals surface area (Å²) in [7, 11) is 0. The first-order valence-corrected chi connectivity index (χ1v) is 7.82. The molecule has 0 aromatic carbocycles. The molecule has 0 unspecified atom stereocenters. The van der Waals surface area contributed by atoms with Crippen LogP contribution in [0.4, 0.5) is 0 Å². The highest BCUT2D eigenvalue weighted by Crippen LogP contribution is 2.19. The number of halogens is 1. The summed E-state index contributed by atoms with van der Waals surface area (Å²) in [6.07, 6.45) is 4.19. The number of amides is 1. The van der Waals surface area contributed by atoms with Crippen LogP contribution in [0.1, 0.15) is 35.1 Å². The Kier molecular flexibility index (Phi) is 5.17. The van der Waals surface area contributed by atoms with Gasteiger partial charge in [-0.25, -0.2) is 0 Å². The molecule has 2 aromatic rings. The fourth-order valence-corrected chi connectivity index (χ4v) is 2.36. The van der Waals surface area contributed by atoms with Gasteiger partial charge in [-0.05, 0) is 43.1 Å². The molecule has 7 heteroatoms. The van der Waals surface area contributed by atoms with Gasteiger partial charge < -0.3 is 5.32 Å². The van der Waals surface area contributed by atoms with Crippen molar-refractivity contribution >= 4 is 21.8 Å². The molecule has 0 aliphatic rings. The topological polar surface area (TPSA) is 64.7 Å². The largest absolute Gasteiger partial charge is 0.352 e. The van der Waals surface area contributed by atoms with E-state index in [9.17, 15) is 4.79 Å². The van der Waals surface area contributed by atoms with E-state index in [1.807, 2.05) is 25.5 Å². The van der Waals surface area contributed by atoms with Gasteiger partial charge in [-0.3, -0.25) is 14.2 Å². The van der Waals surface area contributed by atoms with Gasteiger partial charge in [-0.15, -0.1) is 0 Å². The second-order valence-electron chi connectivity index (χ2n) is 4.90. The van der Waals surface area contributed by atoms with Crippen LogP contribution in [0.3, 0.4) is 0 Å². The highest BCUT2D eigenvalue weighted by atomic mass is 79.9. The van der Waals surface area contributed by atoms with Crippen LogP contribution in [0.25, 0.3) is 0 Å². The standard InChI is InChI=1S/C14H20BrN5O/c1-4-19-9-12(8-17-19)14(21)16-6-5-7-20-11(3)13(15)10(2)18-20/h8-9H,4-7H2,1-3H3,(H,16,21). The molecule has 0 atom stereocenters. The molecule has 21 heavy (non-hydrogen) atoms.